The van der Waals surface area contributed by atoms with Crippen molar-refractivity contribution in [3.63, 3.8) is 0 Å². The zero-order valence-electron chi connectivity index (χ0n) is 23.4. The van der Waals surface area contributed by atoms with E-state index in [2.05, 4.69) is 32.2 Å². The van der Waals surface area contributed by atoms with Crippen LogP contribution in [0.3, 0.4) is 0 Å². The fourth-order valence-corrected chi connectivity index (χ4v) is 9.08. The van der Waals surface area contributed by atoms with Crippen molar-refractivity contribution >= 4 is 65.7 Å². The molecule has 2 bridgehead atoms. The number of halogens is 1. The van der Waals surface area contributed by atoms with Crippen molar-refractivity contribution in [2.45, 2.75) is 55.4 Å². The lowest BCUT2D eigenvalue weighted by Gasteiger charge is -2.30. The summed E-state index contributed by atoms with van der Waals surface area (Å²) in [5, 5.41) is 11.2. The number of aryl methyl sites for hydroxylation is 2. The number of aliphatic hydroxyl groups excluding tert-OH is 1. The van der Waals surface area contributed by atoms with Crippen LogP contribution in [0.2, 0.25) is 0 Å². The van der Waals surface area contributed by atoms with E-state index in [0.29, 0.717) is 5.52 Å². The molecule has 0 radical (unpaired) electrons. The van der Waals surface area contributed by atoms with Gasteiger partial charge in [-0.3, -0.25) is 22.9 Å². The number of nitrogen functional groups attached to an aromatic ring is 1. The maximum absolute atomic E-state index is 16.2. The number of anilines is 1. The summed E-state index contributed by atoms with van der Waals surface area (Å²) >= 11 is 9.37. The van der Waals surface area contributed by atoms with Crippen molar-refractivity contribution in [3.8, 4) is 0 Å². The molecular formula is C22H27FN9O9P2S2+. The second kappa shape index (κ2) is 11.1. The lowest BCUT2D eigenvalue weighted by molar-refractivity contribution is -0.658. The minimum absolute atomic E-state index is 0.0439. The van der Waals surface area contributed by atoms with Crippen LogP contribution in [-0.2, 0) is 53.3 Å². The molecule has 1 aliphatic carbocycles. The number of alkyl halides is 1. The van der Waals surface area contributed by atoms with E-state index >= 15 is 4.39 Å². The molecule has 3 fully saturated rings. The highest BCUT2D eigenvalue weighted by molar-refractivity contribution is 8.44. The summed E-state index contributed by atoms with van der Waals surface area (Å²) in [6.45, 7) is -9.18. The number of ether oxygens (including phenoxy) is 1. The minimum Gasteiger partial charge on any atom is -0.388 e. The lowest BCUT2D eigenvalue weighted by Crippen LogP contribution is -2.37. The summed E-state index contributed by atoms with van der Waals surface area (Å²) in [7, 11) is 3.18. The Bertz CT molecular complexity index is 1980. The van der Waals surface area contributed by atoms with Crippen molar-refractivity contribution in [2.24, 2.45) is 14.1 Å². The summed E-state index contributed by atoms with van der Waals surface area (Å²) in [6, 6.07) is -0.889. The van der Waals surface area contributed by atoms with Crippen LogP contribution in [0.1, 0.15) is 18.7 Å². The third kappa shape index (κ3) is 5.33. The van der Waals surface area contributed by atoms with E-state index in [1.165, 1.54) is 50.6 Å². The molecule has 3 aliphatic rings. The Morgan fingerprint density at radius 3 is 2.58 bits per heavy atom. The van der Waals surface area contributed by atoms with Gasteiger partial charge in [-0.2, -0.15) is 0 Å². The van der Waals surface area contributed by atoms with E-state index in [9.17, 15) is 19.4 Å². The maximum Gasteiger partial charge on any atom is 0.386 e. The van der Waals surface area contributed by atoms with E-state index < -0.39 is 74.6 Å². The third-order valence-corrected chi connectivity index (χ3v) is 11.2. The Morgan fingerprint density at radius 2 is 1.80 bits per heavy atom. The summed E-state index contributed by atoms with van der Waals surface area (Å²) in [5.74, 6) is 0.277. The summed E-state index contributed by atoms with van der Waals surface area (Å²) in [4.78, 5) is 40.6. The first kappa shape index (κ1) is 31.2. The van der Waals surface area contributed by atoms with Gasteiger partial charge in [0.05, 0.1) is 38.5 Å². The van der Waals surface area contributed by atoms with Crippen LogP contribution >= 0.6 is 25.8 Å². The molecule has 45 heavy (non-hydrogen) atoms. The second-order valence-corrected chi connectivity index (χ2v) is 16.5. The standard InChI is InChI=1S/C22H26FN9O9P2S2/c1-29-5-27-19-13(18(29)24)25-8-32(19)22-12(23)17-11(38-22)4-37-42(35,44)40-16-9(3-10(15(16)33)39-43(36,45)41-17)31-7-26-14-20(31)28-6-30(2)21(14)34/h5-12,15-17,22,24,33H,3-4H2,1-2H3,(H2,35,36,44,45)/p+1/t9-,10+,11-,12-,15-,16+,17-,22-,42?,43?/m1/s1. The Balaban J connectivity index is 1.21. The number of aliphatic hydroxyl groups is 1. The van der Waals surface area contributed by atoms with Crippen molar-refractivity contribution in [2.75, 3.05) is 12.3 Å². The Hall–Kier alpha value is -2.42. The molecule has 0 amide bonds. The van der Waals surface area contributed by atoms with E-state index in [1.807, 2.05) is 0 Å². The van der Waals surface area contributed by atoms with Crippen LogP contribution in [0.4, 0.5) is 10.2 Å². The molecule has 18 nitrogen and oxygen atoms in total. The Labute approximate surface area is 262 Å². The monoisotopic (exact) mass is 706 g/mol. The zero-order chi connectivity index (χ0) is 32.0. The van der Waals surface area contributed by atoms with Gasteiger partial charge in [0.1, 0.15) is 30.7 Å². The van der Waals surface area contributed by atoms with Gasteiger partial charge in [-0.05, 0) is 11.8 Å². The highest BCUT2D eigenvalue weighted by Gasteiger charge is 2.54. The van der Waals surface area contributed by atoms with Crippen molar-refractivity contribution in [3.05, 3.63) is 35.7 Å². The Kier molecular flexibility index (Phi) is 7.69. The number of thiol groups is 1. The van der Waals surface area contributed by atoms with Gasteiger partial charge in [-0.1, -0.05) is 17.2 Å². The Morgan fingerprint density at radius 1 is 1.09 bits per heavy atom. The fourth-order valence-electron chi connectivity index (χ4n) is 5.80. The van der Waals surface area contributed by atoms with Gasteiger partial charge in [0.15, 0.2) is 29.1 Å². The molecule has 242 valence electrons. The molecule has 4 N–H and O–H groups in total. The van der Waals surface area contributed by atoms with Gasteiger partial charge in [-0.15, -0.1) is 0 Å². The van der Waals surface area contributed by atoms with Crippen LogP contribution in [0.5, 0.6) is 0 Å². The number of hydrogen-bond donors (Lipinski definition) is 4. The molecule has 2 saturated heterocycles. The first-order valence-corrected chi connectivity index (χ1v) is 18.7. The van der Waals surface area contributed by atoms with Crippen LogP contribution in [0, 0.1) is 0 Å². The number of nitrogens with two attached hydrogens (primary N) is 1. The topological polar surface area (TPSA) is 217 Å². The van der Waals surface area contributed by atoms with Gasteiger partial charge in [0.25, 0.3) is 11.4 Å². The molecule has 0 aromatic carbocycles. The number of rotatable bonds is 2. The molecule has 1 saturated carbocycles. The molecular weight excluding hydrogens is 679 g/mol. The predicted octanol–water partition coefficient (Wildman–Crippen LogP) is -0.0367. The average molecular weight is 707 g/mol. The lowest BCUT2D eigenvalue weighted by atomic mass is 10.1. The first-order chi connectivity index (χ1) is 21.2. The SMILES string of the molecule is Cn1cnc2c(ncn2[C@@H]2C[C@@H]3OP(O)(=S)O[C@H]4[C@@H](F)[C@H](n5cnc6c(N)[n+](C)cnc65)O[C@@H]4COP(=O)(S)O[C@@H]2[C@@H]3O)c1=O. The third-order valence-electron chi connectivity index (χ3n) is 8.04. The number of fused-ring (bicyclic) bond motifs is 5. The fraction of sp³-hybridized carbons (Fsp3) is 0.545. The maximum atomic E-state index is 16.2. The molecule has 4 aromatic heterocycles. The van der Waals surface area contributed by atoms with E-state index in [4.69, 9.17) is 40.4 Å². The minimum atomic E-state index is -4.30. The molecule has 2 unspecified atom stereocenters. The van der Waals surface area contributed by atoms with Crippen LogP contribution in [0.25, 0.3) is 22.3 Å². The smallest absolute Gasteiger partial charge is 0.386 e. The van der Waals surface area contributed by atoms with Crippen molar-refractivity contribution in [1.82, 2.24) is 33.6 Å². The van der Waals surface area contributed by atoms with Crippen LogP contribution in [-0.4, -0.2) is 86.9 Å². The molecule has 0 spiro atoms. The average Bonchev–Trinajstić information content (AvgIpc) is 3.73. The van der Waals surface area contributed by atoms with Gasteiger partial charge in [0.2, 0.25) is 12.0 Å². The van der Waals surface area contributed by atoms with Gasteiger partial charge >= 0.3 is 13.5 Å². The van der Waals surface area contributed by atoms with Gasteiger partial charge < -0.3 is 34.1 Å². The predicted molar refractivity (Wildman–Crippen MR) is 158 cm³/mol. The highest BCUT2D eigenvalue weighted by atomic mass is 32.7. The number of imidazole rings is 2. The van der Waals surface area contributed by atoms with Crippen LogP contribution in [0.15, 0.2) is 30.1 Å². The van der Waals surface area contributed by atoms with Crippen molar-refractivity contribution < 1.29 is 46.4 Å². The normalized spacial score (nSPS) is 37.5. The summed E-state index contributed by atoms with van der Waals surface area (Å²) in [6.07, 6.45) is -5.17. The first-order valence-electron chi connectivity index (χ1n) is 13.4. The largest absolute Gasteiger partial charge is 0.388 e. The number of nitrogens with zero attached hydrogens (tertiary/aromatic N) is 8. The summed E-state index contributed by atoms with van der Waals surface area (Å²) < 4.78 is 63.8. The van der Waals surface area contributed by atoms with Gasteiger partial charge in [-0.25, -0.2) is 28.5 Å². The van der Waals surface area contributed by atoms with E-state index in [-0.39, 0.29) is 29.0 Å². The molecule has 10 atom stereocenters. The molecule has 4 aromatic rings. The van der Waals surface area contributed by atoms with Crippen molar-refractivity contribution in [1.29, 1.82) is 0 Å². The van der Waals surface area contributed by atoms with E-state index in [1.54, 1.807) is 7.05 Å². The molecule has 2 aliphatic heterocycles. The summed E-state index contributed by atoms with van der Waals surface area (Å²) in [5.41, 5.74) is 6.38. The molecule has 6 heterocycles. The quantitative estimate of drug-likeness (QED) is 0.122. The van der Waals surface area contributed by atoms with Gasteiger partial charge in [0, 0.05) is 13.5 Å². The molecule has 7 rings (SSSR count). The molecule has 23 heteroatoms. The zero-order valence-corrected chi connectivity index (χ0v) is 26.9. The van der Waals surface area contributed by atoms with Crippen LogP contribution < -0.4 is 15.9 Å². The second-order valence-electron chi connectivity index (χ2n) is 10.9. The highest BCUT2D eigenvalue weighted by Crippen LogP contribution is 2.60. The number of hydrogen-bond acceptors (Lipinski definition) is 14. The van der Waals surface area contributed by atoms with E-state index in [0.717, 1.165) is 0 Å². The number of aromatic nitrogens is 8.